The molecule has 0 bridgehead atoms. The van der Waals surface area contributed by atoms with Gasteiger partial charge in [-0.15, -0.1) is 18.2 Å². The van der Waals surface area contributed by atoms with Crippen molar-refractivity contribution in [3.05, 3.63) is 108 Å². The molecule has 0 aliphatic rings. The fourth-order valence-corrected chi connectivity index (χ4v) is 7.87. The van der Waals surface area contributed by atoms with Crippen molar-refractivity contribution in [1.29, 1.82) is 0 Å². The molecular formula is C35H34FGeIrN3O-2. The summed E-state index contributed by atoms with van der Waals surface area (Å²) in [5.74, 6) is 5.52. The number of furan rings is 1. The molecule has 0 atom stereocenters. The normalized spacial score (nSPS) is 14.7. The number of hydrogen-bond acceptors (Lipinski definition) is 4. The standard InChI is InChI=1S/C18H12FN2O.C17H22GeN.Ir/c1-10-8-16(20-9-15(10)19)14-5-3-4-12-13-7-6-11(2)21-18(13)22-17(12)14;1-13(2)15-11-17(14-9-7-6-8-10-14)19-12-16(15)18(3,4)5;/h3-4,6-9H,1-2H3;6-9,11-13H,1-5H3;/q2*-1;/i1D3,2D3;13D;. The maximum Gasteiger partial charge on any atom is 0.216 e. The van der Waals surface area contributed by atoms with Gasteiger partial charge in [0.1, 0.15) is 5.82 Å². The van der Waals surface area contributed by atoms with Gasteiger partial charge >= 0.3 is 120 Å². The van der Waals surface area contributed by atoms with Crippen molar-refractivity contribution in [2.45, 2.75) is 50.7 Å². The molecule has 2 aromatic carbocycles. The second-order valence-electron chi connectivity index (χ2n) is 10.9. The topological polar surface area (TPSA) is 51.8 Å². The Bertz CT molecular complexity index is 2110. The van der Waals surface area contributed by atoms with Crippen LogP contribution in [0.2, 0.25) is 17.3 Å². The fraction of sp³-hybridized carbons (Fsp3) is 0.229. The van der Waals surface area contributed by atoms with Crippen LogP contribution in [0.1, 0.15) is 46.2 Å². The zero-order chi connectivity index (χ0) is 35.2. The minimum Gasteiger partial charge on any atom is -0.486 e. The molecule has 4 nitrogen and oxygen atoms in total. The summed E-state index contributed by atoms with van der Waals surface area (Å²) in [7, 11) is 0. The first-order chi connectivity index (χ1) is 22.2. The minimum atomic E-state index is -2.64. The van der Waals surface area contributed by atoms with Crippen LogP contribution in [0.15, 0.2) is 77.5 Å². The first-order valence-electron chi connectivity index (χ1n) is 16.6. The van der Waals surface area contributed by atoms with Crippen LogP contribution in [0, 0.1) is 31.7 Å². The van der Waals surface area contributed by atoms with E-state index in [0.717, 1.165) is 29.1 Å². The predicted octanol–water partition coefficient (Wildman–Crippen LogP) is 8.81. The van der Waals surface area contributed by atoms with Crippen LogP contribution in [0.25, 0.3) is 44.6 Å². The van der Waals surface area contributed by atoms with Crippen LogP contribution < -0.4 is 4.40 Å². The summed E-state index contributed by atoms with van der Waals surface area (Å²) in [6.07, 6.45) is 2.85. The first-order valence-corrected chi connectivity index (χ1v) is 20.5. The minimum absolute atomic E-state index is 0. The van der Waals surface area contributed by atoms with Gasteiger partial charge in [-0.3, -0.25) is 0 Å². The Balaban J connectivity index is 0.000000229. The molecule has 0 aliphatic carbocycles. The van der Waals surface area contributed by atoms with Gasteiger partial charge in [0.15, 0.2) is 0 Å². The summed E-state index contributed by atoms with van der Waals surface area (Å²) in [5, 5.41) is 1.23. The number of halogens is 1. The summed E-state index contributed by atoms with van der Waals surface area (Å²) in [4.78, 5) is 12.7. The molecule has 0 aliphatic heterocycles. The van der Waals surface area contributed by atoms with E-state index in [-0.39, 0.29) is 37.2 Å². The van der Waals surface area contributed by atoms with Crippen molar-refractivity contribution in [2.75, 3.05) is 0 Å². The van der Waals surface area contributed by atoms with Crippen molar-refractivity contribution >= 4 is 39.7 Å². The number of rotatable bonds is 4. The second kappa shape index (κ2) is 13.0. The average molecular weight is 804 g/mol. The molecule has 0 saturated heterocycles. The Labute approximate surface area is 273 Å². The molecule has 0 saturated carbocycles. The predicted molar refractivity (Wildman–Crippen MR) is 169 cm³/mol. The first kappa shape index (κ1) is 23.3. The second-order valence-corrected chi connectivity index (χ2v) is 21.5. The molecule has 217 valence electrons. The molecule has 1 radical (unpaired) electrons. The summed E-state index contributed by atoms with van der Waals surface area (Å²) >= 11 is -2.03. The van der Waals surface area contributed by atoms with Crippen LogP contribution in [-0.2, 0) is 20.1 Å². The fourth-order valence-electron chi connectivity index (χ4n) is 4.55. The summed E-state index contributed by atoms with van der Waals surface area (Å²) in [6, 6.07) is 23.6. The Morgan fingerprint density at radius 2 is 1.74 bits per heavy atom. The molecule has 6 aromatic rings. The number of aromatic nitrogens is 3. The Morgan fingerprint density at radius 3 is 2.43 bits per heavy atom. The van der Waals surface area contributed by atoms with Gasteiger partial charge in [-0.2, -0.15) is 0 Å². The Morgan fingerprint density at radius 1 is 0.929 bits per heavy atom. The van der Waals surface area contributed by atoms with Gasteiger partial charge in [0, 0.05) is 39.4 Å². The van der Waals surface area contributed by atoms with Crippen molar-refractivity contribution in [2.24, 2.45) is 0 Å². The number of aryl methyl sites for hydroxylation is 2. The van der Waals surface area contributed by atoms with Crippen LogP contribution in [0.3, 0.4) is 0 Å². The van der Waals surface area contributed by atoms with Crippen molar-refractivity contribution in [3.63, 3.8) is 0 Å². The number of benzene rings is 2. The van der Waals surface area contributed by atoms with Gasteiger partial charge in [0.25, 0.3) is 0 Å². The van der Waals surface area contributed by atoms with Gasteiger partial charge in [-0.05, 0) is 37.1 Å². The van der Waals surface area contributed by atoms with E-state index in [1.54, 1.807) is 18.2 Å². The number of fused-ring (bicyclic) bond motifs is 3. The molecule has 6 rings (SSSR count). The van der Waals surface area contributed by atoms with Crippen LogP contribution in [0.5, 0.6) is 0 Å². The van der Waals surface area contributed by atoms with E-state index in [9.17, 15) is 4.39 Å². The third-order valence-corrected chi connectivity index (χ3v) is 10.9. The molecule has 4 aromatic heterocycles. The van der Waals surface area contributed by atoms with Gasteiger partial charge in [-0.25, -0.2) is 9.37 Å². The van der Waals surface area contributed by atoms with Gasteiger partial charge in [0.05, 0.1) is 11.8 Å². The SMILES string of the molecule is [2H]C(C)(C)c1cc(-c2[c-]cccc2)nc[c]1[Ge]([CH3])([CH3])[CH3].[2H]C([2H])([2H])c1ccc2c(n1)oc1c(-c3cc(C([2H])([2H])[2H])c(F)cn3)[c-]ccc12.[Ir]. The van der Waals surface area contributed by atoms with E-state index in [1.165, 1.54) is 10.5 Å². The van der Waals surface area contributed by atoms with Crippen LogP contribution in [-0.4, -0.2) is 28.2 Å². The van der Waals surface area contributed by atoms with E-state index < -0.39 is 44.2 Å². The smallest absolute Gasteiger partial charge is 0.216 e. The van der Waals surface area contributed by atoms with E-state index in [2.05, 4.69) is 50.4 Å². The molecule has 0 N–H and O–H groups in total. The Hall–Kier alpha value is -3.19. The van der Waals surface area contributed by atoms with Crippen LogP contribution >= 0.6 is 0 Å². The van der Waals surface area contributed by atoms with E-state index >= 15 is 0 Å². The quantitative estimate of drug-likeness (QED) is 0.132. The molecule has 0 unspecified atom stereocenters. The summed E-state index contributed by atoms with van der Waals surface area (Å²) < 4.78 is 74.3. The van der Waals surface area contributed by atoms with Gasteiger partial charge in [-0.1, -0.05) is 17.0 Å². The largest absolute Gasteiger partial charge is 0.486 e. The number of nitrogens with zero attached hydrogens (tertiary/aromatic N) is 3. The number of pyridine rings is 3. The van der Waals surface area contributed by atoms with Crippen molar-refractivity contribution in [1.82, 2.24) is 15.0 Å². The zero-order valence-electron chi connectivity index (χ0n) is 30.9. The molecule has 0 amide bonds. The zero-order valence-corrected chi connectivity index (χ0v) is 28.4. The summed E-state index contributed by atoms with van der Waals surface area (Å²) in [6.45, 7) is -1.11. The maximum atomic E-state index is 13.9. The Kier molecular flexibility index (Phi) is 7.20. The van der Waals surface area contributed by atoms with E-state index in [1.807, 2.05) is 44.3 Å². The molecule has 42 heavy (non-hydrogen) atoms. The molecule has 7 heteroatoms. The van der Waals surface area contributed by atoms with Gasteiger partial charge < -0.3 is 9.40 Å². The third kappa shape index (κ3) is 6.72. The maximum absolute atomic E-state index is 13.9. The third-order valence-electron chi connectivity index (χ3n) is 6.65. The monoisotopic (exact) mass is 805 g/mol. The number of hydrogen-bond donors (Lipinski definition) is 0. The van der Waals surface area contributed by atoms with Gasteiger partial charge in [0.2, 0.25) is 5.71 Å². The van der Waals surface area contributed by atoms with Crippen molar-refractivity contribution < 1.29 is 38.5 Å². The van der Waals surface area contributed by atoms with Crippen LogP contribution in [0.4, 0.5) is 4.39 Å². The molecule has 0 spiro atoms. The molecular weight excluding hydrogens is 762 g/mol. The van der Waals surface area contributed by atoms with E-state index in [0.29, 0.717) is 21.9 Å². The molecule has 0 fully saturated rings. The molecule has 4 heterocycles. The average Bonchev–Trinajstić information content (AvgIpc) is 3.38. The van der Waals surface area contributed by atoms with E-state index in [4.69, 9.17) is 14.0 Å². The summed E-state index contributed by atoms with van der Waals surface area (Å²) in [5.41, 5.74) is 3.40. The van der Waals surface area contributed by atoms with Crippen molar-refractivity contribution in [3.8, 4) is 22.5 Å².